The van der Waals surface area contributed by atoms with Gasteiger partial charge in [-0.25, -0.2) is 8.42 Å². The van der Waals surface area contributed by atoms with Gasteiger partial charge in [-0.15, -0.1) is 0 Å². The molecular weight excluding hydrogens is 538 g/mol. The molecule has 2 saturated heterocycles. The van der Waals surface area contributed by atoms with E-state index >= 15 is 0 Å². The maximum atomic E-state index is 13.6. The summed E-state index contributed by atoms with van der Waals surface area (Å²) in [6.07, 6.45) is 3.66. The second-order valence-corrected chi connectivity index (χ2v) is 13.0. The molecule has 39 heavy (non-hydrogen) atoms. The zero-order chi connectivity index (χ0) is 28.0. The molecule has 2 aromatic rings. The van der Waals surface area contributed by atoms with Gasteiger partial charge in [0, 0.05) is 38.4 Å². The van der Waals surface area contributed by atoms with Gasteiger partial charge in [-0.2, -0.15) is 16.5 Å². The number of carbonyl (C=O) groups excluding carboxylic acids is 2. The Morgan fingerprint density at radius 1 is 1.10 bits per heavy atom. The van der Waals surface area contributed by atoms with Crippen molar-refractivity contribution in [2.24, 2.45) is 11.7 Å². The second kappa shape index (κ2) is 13.0. The maximum absolute atomic E-state index is 13.6. The van der Waals surface area contributed by atoms with Crippen molar-refractivity contribution in [1.82, 2.24) is 14.5 Å². The summed E-state index contributed by atoms with van der Waals surface area (Å²) in [6, 6.07) is 11.0. The first kappa shape index (κ1) is 29.2. The van der Waals surface area contributed by atoms with Crippen LogP contribution in [0.3, 0.4) is 0 Å². The number of piperidine rings is 1. The Hall–Kier alpha value is -2.83. The number of thioether (sulfide) groups is 1. The molecule has 4 N–H and O–H groups in total. The zero-order valence-corrected chi connectivity index (χ0v) is 23.8. The third-order valence-corrected chi connectivity index (χ3v) is 10.2. The minimum Gasteiger partial charge on any atom is -0.464 e. The first-order valence-electron chi connectivity index (χ1n) is 13.3. The summed E-state index contributed by atoms with van der Waals surface area (Å²) in [5, 5.41) is 9.26. The average Bonchev–Trinajstić information content (AvgIpc) is 3.39. The van der Waals surface area contributed by atoms with Crippen molar-refractivity contribution in [3.63, 3.8) is 0 Å². The Morgan fingerprint density at radius 2 is 1.82 bits per heavy atom. The van der Waals surface area contributed by atoms with E-state index in [9.17, 15) is 18.0 Å². The van der Waals surface area contributed by atoms with Crippen LogP contribution in [0.1, 0.15) is 32.6 Å². The molecule has 0 bridgehead atoms. The number of nitrogens with one attached hydrogen (secondary N) is 2. The fourth-order valence-corrected chi connectivity index (χ4v) is 7.79. The van der Waals surface area contributed by atoms with Crippen LogP contribution in [0.25, 0.3) is 10.8 Å². The van der Waals surface area contributed by atoms with Gasteiger partial charge in [-0.3, -0.25) is 15.0 Å². The van der Waals surface area contributed by atoms with Gasteiger partial charge in [0.2, 0.25) is 15.9 Å². The molecule has 0 aliphatic carbocycles. The van der Waals surface area contributed by atoms with Gasteiger partial charge >= 0.3 is 5.97 Å². The number of esters is 1. The van der Waals surface area contributed by atoms with E-state index in [0.29, 0.717) is 12.5 Å². The Balaban J connectivity index is 1.39. The number of rotatable bonds is 10. The zero-order valence-electron chi connectivity index (χ0n) is 22.2. The molecule has 10 nitrogen and oxygen atoms in total. The molecule has 2 aliphatic rings. The van der Waals surface area contributed by atoms with Crippen molar-refractivity contribution in [3.8, 4) is 0 Å². The molecule has 2 fully saturated rings. The lowest BCUT2D eigenvalue weighted by Crippen LogP contribution is -2.52. The van der Waals surface area contributed by atoms with E-state index in [-0.39, 0.29) is 29.4 Å². The van der Waals surface area contributed by atoms with Crippen LogP contribution in [0.2, 0.25) is 0 Å². The van der Waals surface area contributed by atoms with Crippen LogP contribution in [0.4, 0.5) is 0 Å². The van der Waals surface area contributed by atoms with E-state index in [1.165, 1.54) is 13.0 Å². The fourth-order valence-electron chi connectivity index (χ4n) is 5.16. The van der Waals surface area contributed by atoms with Gasteiger partial charge in [0.25, 0.3) is 0 Å². The van der Waals surface area contributed by atoms with E-state index < -0.39 is 22.0 Å². The number of likely N-dealkylation sites (tertiary alicyclic amines) is 2. The van der Waals surface area contributed by atoms with Crippen LogP contribution >= 0.6 is 11.8 Å². The largest absolute Gasteiger partial charge is 0.464 e. The minimum absolute atomic E-state index is 0.00944. The summed E-state index contributed by atoms with van der Waals surface area (Å²) in [4.78, 5) is 28.8. The Bertz CT molecular complexity index is 1300. The molecule has 12 heteroatoms. The minimum atomic E-state index is -4.06. The lowest BCUT2D eigenvalue weighted by atomic mass is 9.99. The molecular formula is C27H37N5O5S2. The van der Waals surface area contributed by atoms with Crippen LogP contribution in [-0.2, 0) is 24.3 Å². The molecule has 2 atom stereocenters. The molecule has 2 aromatic carbocycles. The highest BCUT2D eigenvalue weighted by Crippen LogP contribution is 2.27. The molecule has 0 spiro atoms. The highest BCUT2D eigenvalue weighted by atomic mass is 32.2. The Morgan fingerprint density at radius 3 is 2.51 bits per heavy atom. The van der Waals surface area contributed by atoms with Gasteiger partial charge in [-0.1, -0.05) is 30.3 Å². The predicted octanol–water partition coefficient (Wildman–Crippen LogP) is 2.38. The predicted molar refractivity (Wildman–Crippen MR) is 153 cm³/mol. The number of sulfonamides is 1. The molecule has 2 aliphatic heterocycles. The van der Waals surface area contributed by atoms with Crippen molar-refractivity contribution in [1.29, 1.82) is 5.41 Å². The van der Waals surface area contributed by atoms with E-state index in [4.69, 9.17) is 15.9 Å². The molecule has 212 valence electrons. The highest BCUT2D eigenvalue weighted by molar-refractivity contribution is 7.99. The maximum Gasteiger partial charge on any atom is 0.302 e. The summed E-state index contributed by atoms with van der Waals surface area (Å²) in [6.45, 7) is 2.99. The first-order chi connectivity index (χ1) is 18.6. The summed E-state index contributed by atoms with van der Waals surface area (Å²) >= 11 is 1.81. The van der Waals surface area contributed by atoms with Crippen molar-refractivity contribution < 1.29 is 22.7 Å². The van der Waals surface area contributed by atoms with E-state index in [1.54, 1.807) is 17.0 Å². The van der Waals surface area contributed by atoms with Crippen LogP contribution in [0.15, 0.2) is 47.4 Å². The standard InChI is InChI=1S/C27H37N5O5S2/c1-19(33)37-16-25(30-39(35,36)24-9-8-21-5-2-3-6-22(21)15-24)26(34)32-12-4-7-23(32)18-38-17-20-10-13-31(14-11-20)27(28)29/h2-3,5-6,8-9,15,20,23,25,30H,4,7,10-14,16-18H2,1H3,(H3,28,29)/t23-,25-/m0/s1. The van der Waals surface area contributed by atoms with E-state index in [1.807, 2.05) is 40.9 Å². The number of guanidine groups is 1. The number of fused-ring (bicyclic) bond motifs is 1. The number of nitrogens with zero attached hydrogens (tertiary/aromatic N) is 2. The van der Waals surface area contributed by atoms with Crippen LogP contribution in [0.5, 0.6) is 0 Å². The normalized spacial score (nSPS) is 19.3. The first-order valence-corrected chi connectivity index (χ1v) is 15.9. The number of benzene rings is 2. The number of amides is 1. The van der Waals surface area contributed by atoms with Crippen molar-refractivity contribution in [2.45, 2.75) is 49.6 Å². The molecule has 0 aromatic heterocycles. The van der Waals surface area contributed by atoms with Crippen LogP contribution in [-0.4, -0.2) is 85.9 Å². The van der Waals surface area contributed by atoms with Crippen molar-refractivity contribution >= 4 is 50.4 Å². The summed E-state index contributed by atoms with van der Waals surface area (Å²) in [7, 11) is -4.06. The second-order valence-electron chi connectivity index (χ2n) is 10.2. The Kier molecular flexibility index (Phi) is 9.73. The Labute approximate surface area is 234 Å². The number of ether oxygens (including phenoxy) is 1. The lowest BCUT2D eigenvalue weighted by molar-refractivity contribution is -0.144. The highest BCUT2D eigenvalue weighted by Gasteiger charge is 2.36. The molecule has 2 heterocycles. The smallest absolute Gasteiger partial charge is 0.302 e. The van der Waals surface area contributed by atoms with Crippen molar-refractivity contribution in [2.75, 3.05) is 37.7 Å². The number of nitrogens with two attached hydrogens (primary N) is 1. The SMILES string of the molecule is CC(=O)OC[C@H](NS(=O)(=O)c1ccc2ccccc2c1)C(=O)N1CCC[C@H]1CSCC1CCN(C(=N)N)CC1. The summed E-state index contributed by atoms with van der Waals surface area (Å²) in [5.41, 5.74) is 5.59. The summed E-state index contributed by atoms with van der Waals surface area (Å²) < 4.78 is 34.2. The van der Waals surface area contributed by atoms with E-state index in [2.05, 4.69) is 4.72 Å². The topological polar surface area (TPSA) is 146 Å². The summed E-state index contributed by atoms with van der Waals surface area (Å²) in [5.74, 6) is 1.44. The lowest BCUT2D eigenvalue weighted by Gasteiger charge is -2.32. The fraction of sp³-hybridized carbons (Fsp3) is 0.519. The third-order valence-electron chi connectivity index (χ3n) is 7.36. The molecule has 0 saturated carbocycles. The average molecular weight is 576 g/mol. The van der Waals surface area contributed by atoms with Crippen LogP contribution in [0, 0.1) is 11.3 Å². The van der Waals surface area contributed by atoms with Gasteiger partial charge in [-0.05, 0) is 60.3 Å². The molecule has 1 amide bonds. The van der Waals surface area contributed by atoms with Gasteiger partial charge in [0.05, 0.1) is 4.90 Å². The monoisotopic (exact) mass is 575 g/mol. The number of hydrogen-bond acceptors (Lipinski definition) is 7. The third kappa shape index (κ3) is 7.64. The van der Waals surface area contributed by atoms with E-state index in [0.717, 1.165) is 61.1 Å². The number of hydrogen-bond donors (Lipinski definition) is 3. The van der Waals surface area contributed by atoms with Gasteiger partial charge < -0.3 is 20.3 Å². The molecule has 0 unspecified atom stereocenters. The molecule has 4 rings (SSSR count). The van der Waals surface area contributed by atoms with Crippen LogP contribution < -0.4 is 10.5 Å². The number of carbonyl (C=O) groups is 2. The van der Waals surface area contributed by atoms with Gasteiger partial charge in [0.1, 0.15) is 12.6 Å². The quantitative estimate of drug-likeness (QED) is 0.222. The van der Waals surface area contributed by atoms with Crippen molar-refractivity contribution in [3.05, 3.63) is 42.5 Å². The molecule has 0 radical (unpaired) electrons. The van der Waals surface area contributed by atoms with Gasteiger partial charge in [0.15, 0.2) is 5.96 Å².